The van der Waals surface area contributed by atoms with Crippen LogP contribution in [0, 0.1) is 0 Å². The molecule has 1 nitrogen and oxygen atoms in total. The molecule has 2 heteroatoms. The average Bonchev–Trinajstić information content (AvgIpc) is 2.62. The van der Waals surface area contributed by atoms with E-state index in [0.29, 0.717) is 12.3 Å². The standard InChI is InChI=1S/C11H12OS/c1-8-7-9(4-5-10(8)12)11-3-2-6-13-11/h2-3,6,9H,1,4-5,7H2. The molecular weight excluding hydrogens is 180 g/mol. The van der Waals surface area contributed by atoms with Crippen LogP contribution in [0.15, 0.2) is 29.7 Å². The maximum Gasteiger partial charge on any atom is 0.158 e. The minimum atomic E-state index is 0.257. The Kier molecular flexibility index (Phi) is 2.32. The molecule has 1 aliphatic carbocycles. The van der Waals surface area contributed by atoms with Crippen LogP contribution in [0.4, 0.5) is 0 Å². The molecule has 0 amide bonds. The Hall–Kier alpha value is -0.890. The fourth-order valence-corrected chi connectivity index (χ4v) is 2.63. The second kappa shape index (κ2) is 3.46. The van der Waals surface area contributed by atoms with Crippen LogP contribution < -0.4 is 0 Å². The minimum absolute atomic E-state index is 0.257. The van der Waals surface area contributed by atoms with Crippen LogP contribution in [0.5, 0.6) is 0 Å². The van der Waals surface area contributed by atoms with E-state index < -0.39 is 0 Å². The summed E-state index contributed by atoms with van der Waals surface area (Å²) in [6, 6.07) is 4.22. The van der Waals surface area contributed by atoms with Gasteiger partial charge in [-0.15, -0.1) is 11.3 Å². The van der Waals surface area contributed by atoms with Gasteiger partial charge in [-0.3, -0.25) is 4.79 Å². The molecule has 2 rings (SSSR count). The van der Waals surface area contributed by atoms with Gasteiger partial charge in [-0.25, -0.2) is 0 Å². The summed E-state index contributed by atoms with van der Waals surface area (Å²) in [5.41, 5.74) is 0.810. The molecule has 1 aromatic heterocycles. The highest BCUT2D eigenvalue weighted by Gasteiger charge is 2.23. The molecule has 0 aromatic carbocycles. The van der Waals surface area contributed by atoms with Crippen molar-refractivity contribution in [1.82, 2.24) is 0 Å². The summed E-state index contributed by atoms with van der Waals surface area (Å²) in [5.74, 6) is 0.804. The first kappa shape index (κ1) is 8.70. The van der Waals surface area contributed by atoms with Crippen LogP contribution in [0.25, 0.3) is 0 Å². The zero-order valence-electron chi connectivity index (χ0n) is 7.45. The predicted octanol–water partition coefficient (Wildman–Crippen LogP) is 3.14. The van der Waals surface area contributed by atoms with Crippen LogP contribution in [0.2, 0.25) is 0 Å². The van der Waals surface area contributed by atoms with E-state index in [0.717, 1.165) is 18.4 Å². The fourth-order valence-electron chi connectivity index (χ4n) is 1.76. The lowest BCUT2D eigenvalue weighted by atomic mass is 9.84. The highest BCUT2D eigenvalue weighted by molar-refractivity contribution is 7.10. The van der Waals surface area contributed by atoms with E-state index in [2.05, 4.69) is 24.1 Å². The summed E-state index contributed by atoms with van der Waals surface area (Å²) in [6.45, 7) is 3.81. The average molecular weight is 192 g/mol. The van der Waals surface area contributed by atoms with Crippen LogP contribution in [0.3, 0.4) is 0 Å². The summed E-state index contributed by atoms with van der Waals surface area (Å²) >= 11 is 1.78. The molecule has 1 unspecified atom stereocenters. The summed E-state index contributed by atoms with van der Waals surface area (Å²) in [5, 5.41) is 2.09. The van der Waals surface area contributed by atoms with E-state index >= 15 is 0 Å². The van der Waals surface area contributed by atoms with Crippen molar-refractivity contribution in [3.05, 3.63) is 34.5 Å². The molecule has 1 heterocycles. The van der Waals surface area contributed by atoms with E-state index in [-0.39, 0.29) is 5.78 Å². The van der Waals surface area contributed by atoms with Gasteiger partial charge in [-0.2, -0.15) is 0 Å². The maximum absolute atomic E-state index is 11.2. The molecule has 0 saturated heterocycles. The quantitative estimate of drug-likeness (QED) is 0.625. The Morgan fingerprint density at radius 2 is 2.38 bits per heavy atom. The lowest BCUT2D eigenvalue weighted by Crippen LogP contribution is -2.14. The Bertz CT molecular complexity index is 324. The number of carbonyl (C=O) groups excluding carboxylic acids is 1. The van der Waals surface area contributed by atoms with Gasteiger partial charge >= 0.3 is 0 Å². The number of allylic oxidation sites excluding steroid dienone is 1. The zero-order valence-corrected chi connectivity index (χ0v) is 8.27. The van der Waals surface area contributed by atoms with Gasteiger partial charge in [0, 0.05) is 11.3 Å². The molecule has 0 aliphatic heterocycles. The molecule has 0 N–H and O–H groups in total. The van der Waals surface area contributed by atoms with Crippen LogP contribution in [-0.4, -0.2) is 5.78 Å². The highest BCUT2D eigenvalue weighted by Crippen LogP contribution is 2.35. The molecular formula is C11H12OS. The van der Waals surface area contributed by atoms with E-state index in [1.54, 1.807) is 11.3 Å². The molecule has 1 aliphatic rings. The molecule has 68 valence electrons. The van der Waals surface area contributed by atoms with Crippen LogP contribution in [-0.2, 0) is 4.79 Å². The van der Waals surface area contributed by atoms with Crippen molar-refractivity contribution in [2.45, 2.75) is 25.2 Å². The number of hydrogen-bond donors (Lipinski definition) is 0. The topological polar surface area (TPSA) is 17.1 Å². The Morgan fingerprint density at radius 1 is 1.54 bits per heavy atom. The molecule has 13 heavy (non-hydrogen) atoms. The lowest BCUT2D eigenvalue weighted by Gasteiger charge is -2.21. The van der Waals surface area contributed by atoms with Crippen LogP contribution in [0.1, 0.15) is 30.1 Å². The van der Waals surface area contributed by atoms with Gasteiger partial charge in [0.05, 0.1) is 0 Å². The largest absolute Gasteiger partial charge is 0.295 e. The van der Waals surface area contributed by atoms with Gasteiger partial charge < -0.3 is 0 Å². The predicted molar refractivity (Wildman–Crippen MR) is 55.1 cm³/mol. The smallest absolute Gasteiger partial charge is 0.158 e. The zero-order chi connectivity index (χ0) is 9.26. The molecule has 0 spiro atoms. The summed E-state index contributed by atoms with van der Waals surface area (Å²) < 4.78 is 0. The van der Waals surface area contributed by atoms with Crippen molar-refractivity contribution in [3.63, 3.8) is 0 Å². The molecule has 1 atom stereocenters. The summed E-state index contributed by atoms with van der Waals surface area (Å²) in [6.07, 6.45) is 2.54. The first-order valence-electron chi connectivity index (χ1n) is 4.52. The van der Waals surface area contributed by atoms with Gasteiger partial charge in [0.1, 0.15) is 0 Å². The number of thiophene rings is 1. The number of carbonyl (C=O) groups is 1. The van der Waals surface area contributed by atoms with Crippen molar-refractivity contribution >= 4 is 17.1 Å². The lowest BCUT2D eigenvalue weighted by molar-refractivity contribution is -0.116. The van der Waals surface area contributed by atoms with Gasteiger partial charge in [-0.1, -0.05) is 12.6 Å². The third-order valence-electron chi connectivity index (χ3n) is 2.55. The highest BCUT2D eigenvalue weighted by atomic mass is 32.1. The van der Waals surface area contributed by atoms with Gasteiger partial charge in [0.15, 0.2) is 5.78 Å². The first-order valence-corrected chi connectivity index (χ1v) is 5.39. The summed E-state index contributed by atoms with van der Waals surface area (Å²) in [7, 11) is 0. The molecule has 1 saturated carbocycles. The number of rotatable bonds is 1. The van der Waals surface area contributed by atoms with Crippen molar-refractivity contribution in [2.75, 3.05) is 0 Å². The SMILES string of the molecule is C=C1CC(c2cccs2)CCC1=O. The van der Waals surface area contributed by atoms with E-state index in [4.69, 9.17) is 0 Å². The minimum Gasteiger partial charge on any atom is -0.295 e. The normalized spacial score (nSPS) is 23.5. The van der Waals surface area contributed by atoms with Crippen molar-refractivity contribution in [3.8, 4) is 0 Å². The van der Waals surface area contributed by atoms with E-state index in [1.807, 2.05) is 0 Å². The second-order valence-corrected chi connectivity index (χ2v) is 4.46. The van der Waals surface area contributed by atoms with E-state index in [9.17, 15) is 4.79 Å². The number of ketones is 1. The summed E-state index contributed by atoms with van der Waals surface area (Å²) in [4.78, 5) is 12.6. The molecule has 0 bridgehead atoms. The third-order valence-corrected chi connectivity index (χ3v) is 3.59. The van der Waals surface area contributed by atoms with Crippen LogP contribution >= 0.6 is 11.3 Å². The number of hydrogen-bond acceptors (Lipinski definition) is 2. The fraction of sp³-hybridized carbons (Fsp3) is 0.364. The molecule has 1 aromatic rings. The Morgan fingerprint density at radius 3 is 3.00 bits per heavy atom. The van der Waals surface area contributed by atoms with Crippen molar-refractivity contribution in [1.29, 1.82) is 0 Å². The molecule has 0 radical (unpaired) electrons. The van der Waals surface area contributed by atoms with Gasteiger partial charge in [0.2, 0.25) is 0 Å². The second-order valence-electron chi connectivity index (χ2n) is 3.48. The third kappa shape index (κ3) is 1.73. The van der Waals surface area contributed by atoms with Crippen molar-refractivity contribution < 1.29 is 4.79 Å². The number of Topliss-reactive ketones (excluding diaryl/α,β-unsaturated/α-hetero) is 1. The van der Waals surface area contributed by atoms with E-state index in [1.165, 1.54) is 4.88 Å². The Balaban J connectivity index is 2.12. The molecule has 1 fully saturated rings. The van der Waals surface area contributed by atoms with Gasteiger partial charge in [-0.05, 0) is 35.8 Å². The maximum atomic E-state index is 11.2. The Labute approximate surface area is 82.1 Å². The monoisotopic (exact) mass is 192 g/mol. The van der Waals surface area contributed by atoms with Crippen molar-refractivity contribution in [2.24, 2.45) is 0 Å². The first-order chi connectivity index (χ1) is 6.27. The van der Waals surface area contributed by atoms with Gasteiger partial charge in [0.25, 0.3) is 0 Å².